The summed E-state index contributed by atoms with van der Waals surface area (Å²) in [7, 11) is 3.16. The van der Waals surface area contributed by atoms with E-state index < -0.39 is 12.2 Å². The summed E-state index contributed by atoms with van der Waals surface area (Å²) in [6.45, 7) is 0. The summed E-state index contributed by atoms with van der Waals surface area (Å²) in [5.74, 6) is 11.8. The Labute approximate surface area is 141 Å². The smallest absolute Gasteiger partial charge is 0.141 e. The van der Waals surface area contributed by atoms with Gasteiger partial charge in [0, 0.05) is 0 Å². The average Bonchev–Trinajstić information content (AvgIpc) is 2.65. The molecule has 0 radical (unpaired) electrons. The minimum Gasteiger partial charge on any atom is -0.497 e. The Balaban J connectivity index is 1.99. The van der Waals surface area contributed by atoms with Crippen LogP contribution in [0.3, 0.4) is 0 Å². The van der Waals surface area contributed by atoms with Crippen molar-refractivity contribution in [1.82, 2.24) is 0 Å². The summed E-state index contributed by atoms with van der Waals surface area (Å²) in [5.41, 5.74) is 1.31. The van der Waals surface area contributed by atoms with E-state index in [1.807, 2.05) is 0 Å². The number of hydrogen-bond acceptors (Lipinski definition) is 4. The highest BCUT2D eigenvalue weighted by atomic mass is 16.5. The van der Waals surface area contributed by atoms with E-state index >= 15 is 0 Å². The molecule has 0 spiro atoms. The first kappa shape index (κ1) is 17.4. The number of benzene rings is 2. The molecule has 0 aliphatic carbocycles. The van der Waals surface area contributed by atoms with E-state index in [2.05, 4.69) is 23.7 Å². The molecule has 2 N–H and O–H groups in total. The van der Waals surface area contributed by atoms with Crippen molar-refractivity contribution in [3.63, 3.8) is 0 Å². The molecule has 24 heavy (non-hydrogen) atoms. The number of aliphatic hydroxyl groups is 2. The van der Waals surface area contributed by atoms with Crippen molar-refractivity contribution >= 4 is 0 Å². The molecule has 0 fully saturated rings. The number of rotatable bonds is 4. The number of methoxy groups -OCH3 is 2. The van der Waals surface area contributed by atoms with Crippen LogP contribution in [0.5, 0.6) is 11.5 Å². The maximum atomic E-state index is 9.97. The maximum absolute atomic E-state index is 9.97. The maximum Gasteiger partial charge on any atom is 0.141 e. The van der Waals surface area contributed by atoms with Crippen LogP contribution in [0.1, 0.15) is 23.3 Å². The summed E-state index contributed by atoms with van der Waals surface area (Å²) in [5, 5.41) is 19.9. The molecule has 2 unspecified atom stereocenters. The fraction of sp³-hybridized carbons (Fsp3) is 0.200. The molecule has 4 nitrogen and oxygen atoms in total. The van der Waals surface area contributed by atoms with Crippen molar-refractivity contribution in [2.45, 2.75) is 12.2 Å². The molecule has 0 bridgehead atoms. The largest absolute Gasteiger partial charge is 0.497 e. The third-order valence-electron chi connectivity index (χ3n) is 3.34. The Morgan fingerprint density at radius 3 is 1.29 bits per heavy atom. The Bertz CT molecular complexity index is 701. The van der Waals surface area contributed by atoms with Gasteiger partial charge < -0.3 is 19.7 Å². The zero-order chi connectivity index (χ0) is 17.4. The first-order valence-electron chi connectivity index (χ1n) is 7.29. The lowest BCUT2D eigenvalue weighted by Crippen LogP contribution is -1.94. The van der Waals surface area contributed by atoms with Crippen LogP contribution in [-0.4, -0.2) is 24.4 Å². The number of hydrogen-bond donors (Lipinski definition) is 2. The van der Waals surface area contributed by atoms with Gasteiger partial charge in [-0.05, 0) is 47.2 Å². The van der Waals surface area contributed by atoms with Crippen molar-refractivity contribution in [3.05, 3.63) is 59.7 Å². The van der Waals surface area contributed by atoms with Crippen molar-refractivity contribution < 1.29 is 19.7 Å². The highest BCUT2D eigenvalue weighted by molar-refractivity contribution is 5.37. The summed E-state index contributed by atoms with van der Waals surface area (Å²) in [4.78, 5) is 0. The molecule has 2 rings (SSSR count). The summed E-state index contributed by atoms with van der Waals surface area (Å²) in [6, 6.07) is 13.9. The molecule has 0 aromatic heterocycles. The molecule has 2 aromatic rings. The van der Waals surface area contributed by atoms with E-state index in [0.29, 0.717) is 22.6 Å². The minimum atomic E-state index is -0.941. The lowest BCUT2D eigenvalue weighted by atomic mass is 10.1. The highest BCUT2D eigenvalue weighted by Crippen LogP contribution is 2.17. The summed E-state index contributed by atoms with van der Waals surface area (Å²) >= 11 is 0. The molecule has 122 valence electrons. The SMILES string of the molecule is COc1ccc(C(O)C#CC#CC(O)c2ccc(OC)cc2)cc1. The van der Waals surface area contributed by atoms with Gasteiger partial charge in [0.25, 0.3) is 0 Å². The van der Waals surface area contributed by atoms with Gasteiger partial charge in [0.15, 0.2) is 0 Å². The molecule has 2 aromatic carbocycles. The van der Waals surface area contributed by atoms with Crippen molar-refractivity contribution in [3.8, 4) is 35.2 Å². The Morgan fingerprint density at radius 2 is 1.00 bits per heavy atom. The fourth-order valence-electron chi connectivity index (χ4n) is 1.95. The van der Waals surface area contributed by atoms with Crippen LogP contribution in [-0.2, 0) is 0 Å². The molecule has 0 heterocycles. The molecule has 0 aliphatic rings. The van der Waals surface area contributed by atoms with Gasteiger partial charge in [0.05, 0.1) is 14.2 Å². The highest BCUT2D eigenvalue weighted by Gasteiger charge is 2.04. The first-order chi connectivity index (χ1) is 11.6. The third-order valence-corrected chi connectivity index (χ3v) is 3.34. The van der Waals surface area contributed by atoms with Gasteiger partial charge in [-0.3, -0.25) is 0 Å². The quantitative estimate of drug-likeness (QED) is 0.849. The van der Waals surface area contributed by atoms with E-state index in [-0.39, 0.29) is 0 Å². The van der Waals surface area contributed by atoms with E-state index in [1.165, 1.54) is 0 Å². The van der Waals surface area contributed by atoms with Crippen molar-refractivity contribution in [2.75, 3.05) is 14.2 Å². The minimum absolute atomic E-state index is 0.654. The molecule has 0 saturated heterocycles. The first-order valence-corrected chi connectivity index (χ1v) is 7.29. The van der Waals surface area contributed by atoms with Gasteiger partial charge in [-0.25, -0.2) is 0 Å². The second-order valence-electron chi connectivity index (χ2n) is 4.89. The molecular weight excluding hydrogens is 304 g/mol. The van der Waals surface area contributed by atoms with Gasteiger partial charge in [-0.1, -0.05) is 36.1 Å². The van der Waals surface area contributed by atoms with Gasteiger partial charge in [0.2, 0.25) is 0 Å². The molecule has 2 atom stereocenters. The second-order valence-corrected chi connectivity index (χ2v) is 4.89. The van der Waals surface area contributed by atoms with Gasteiger partial charge in [0.1, 0.15) is 23.7 Å². The van der Waals surface area contributed by atoms with Gasteiger partial charge >= 0.3 is 0 Å². The van der Waals surface area contributed by atoms with Crippen LogP contribution in [0.25, 0.3) is 0 Å². The predicted molar refractivity (Wildman–Crippen MR) is 91.5 cm³/mol. The number of ether oxygens (including phenoxy) is 2. The van der Waals surface area contributed by atoms with Gasteiger partial charge in [-0.15, -0.1) is 0 Å². The zero-order valence-corrected chi connectivity index (χ0v) is 13.5. The topological polar surface area (TPSA) is 58.9 Å². The normalized spacial score (nSPS) is 12.0. The summed E-state index contributed by atoms with van der Waals surface area (Å²) < 4.78 is 10.1. The Kier molecular flexibility index (Phi) is 6.28. The molecule has 0 aliphatic heterocycles. The number of aliphatic hydroxyl groups excluding tert-OH is 2. The van der Waals surface area contributed by atoms with Gasteiger partial charge in [-0.2, -0.15) is 0 Å². The van der Waals surface area contributed by atoms with E-state index in [1.54, 1.807) is 62.8 Å². The average molecular weight is 322 g/mol. The Morgan fingerprint density at radius 1 is 0.667 bits per heavy atom. The van der Waals surface area contributed by atoms with Crippen LogP contribution in [0.2, 0.25) is 0 Å². The Hall–Kier alpha value is -2.92. The van der Waals surface area contributed by atoms with Crippen LogP contribution < -0.4 is 9.47 Å². The zero-order valence-electron chi connectivity index (χ0n) is 13.5. The molecule has 4 heteroatoms. The lowest BCUT2D eigenvalue weighted by molar-refractivity contribution is 0.237. The fourth-order valence-corrected chi connectivity index (χ4v) is 1.95. The summed E-state index contributed by atoms with van der Waals surface area (Å²) in [6.07, 6.45) is -1.88. The van der Waals surface area contributed by atoms with E-state index in [4.69, 9.17) is 9.47 Å². The molecular formula is C20H18O4. The van der Waals surface area contributed by atoms with E-state index in [0.717, 1.165) is 0 Å². The van der Waals surface area contributed by atoms with Crippen LogP contribution in [0.4, 0.5) is 0 Å². The van der Waals surface area contributed by atoms with Crippen LogP contribution >= 0.6 is 0 Å². The van der Waals surface area contributed by atoms with Crippen molar-refractivity contribution in [1.29, 1.82) is 0 Å². The van der Waals surface area contributed by atoms with E-state index in [9.17, 15) is 10.2 Å². The molecule has 0 saturated carbocycles. The standard InChI is InChI=1S/C20H18O4/c1-23-17-11-7-15(8-12-17)19(21)5-3-4-6-20(22)16-9-13-18(24-2)14-10-16/h7-14,19-22H,1-2H3. The lowest BCUT2D eigenvalue weighted by Gasteiger charge is -2.05. The van der Waals surface area contributed by atoms with Crippen LogP contribution in [0, 0.1) is 23.7 Å². The van der Waals surface area contributed by atoms with Crippen LogP contribution in [0.15, 0.2) is 48.5 Å². The second kappa shape index (κ2) is 8.64. The van der Waals surface area contributed by atoms with Crippen molar-refractivity contribution in [2.24, 2.45) is 0 Å². The monoisotopic (exact) mass is 322 g/mol. The third kappa shape index (κ3) is 4.79. The molecule has 0 amide bonds. The predicted octanol–water partition coefficient (Wildman–Crippen LogP) is 2.48.